The van der Waals surface area contributed by atoms with Crippen LogP contribution >= 0.6 is 0 Å². The number of amides is 1. The predicted octanol–water partition coefficient (Wildman–Crippen LogP) is 2.04. The highest BCUT2D eigenvalue weighted by Gasteiger charge is 2.41. The van der Waals surface area contributed by atoms with E-state index in [1.807, 2.05) is 6.07 Å². The van der Waals surface area contributed by atoms with Gasteiger partial charge in [0, 0.05) is 26.3 Å². The van der Waals surface area contributed by atoms with E-state index in [0.717, 1.165) is 42.6 Å². The monoisotopic (exact) mass is 405 g/mol. The summed E-state index contributed by atoms with van der Waals surface area (Å²) in [6, 6.07) is 6.70. The van der Waals surface area contributed by atoms with Crippen LogP contribution in [-0.2, 0) is 20.8 Å². The first-order valence-electron chi connectivity index (χ1n) is 10.5. The second-order valence-corrected chi connectivity index (χ2v) is 7.95. The molecule has 2 heterocycles. The van der Waals surface area contributed by atoms with Crippen molar-refractivity contribution in [3.05, 3.63) is 29.3 Å². The number of nitrogens with one attached hydrogen (secondary N) is 3. The Kier molecular flexibility index (Phi) is 6.86. The molecule has 3 aliphatic rings. The van der Waals surface area contributed by atoms with Crippen LogP contribution in [0, 0.1) is 5.92 Å². The Morgan fingerprint density at radius 2 is 2.10 bits per heavy atom. The molecule has 4 rings (SSSR count). The smallest absolute Gasteiger partial charge is 0.407 e. The number of methoxy groups -OCH3 is 1. The van der Waals surface area contributed by atoms with Gasteiger partial charge in [-0.1, -0.05) is 6.07 Å². The fraction of sp³-hybridized carbons (Fsp3) is 0.667. The van der Waals surface area contributed by atoms with Crippen molar-refractivity contribution < 1.29 is 23.7 Å². The van der Waals surface area contributed by atoms with Crippen LogP contribution in [0.2, 0.25) is 0 Å². The fourth-order valence-electron chi connectivity index (χ4n) is 4.49. The van der Waals surface area contributed by atoms with Crippen LogP contribution in [0.15, 0.2) is 18.2 Å². The van der Waals surface area contributed by atoms with E-state index in [4.69, 9.17) is 18.9 Å². The number of ether oxygens (including phenoxy) is 4. The molecule has 1 saturated heterocycles. The molecule has 8 nitrogen and oxygen atoms in total. The summed E-state index contributed by atoms with van der Waals surface area (Å²) in [5.74, 6) is 1.21. The lowest BCUT2D eigenvalue weighted by Crippen LogP contribution is -2.37. The Hall–Kier alpha value is -1.87. The van der Waals surface area contributed by atoms with Gasteiger partial charge in [0.25, 0.3) is 0 Å². The van der Waals surface area contributed by atoms with Gasteiger partial charge < -0.3 is 24.3 Å². The van der Waals surface area contributed by atoms with Crippen LogP contribution in [0.1, 0.15) is 42.9 Å². The lowest BCUT2D eigenvalue weighted by atomic mass is 9.78. The third kappa shape index (κ3) is 5.19. The number of hydrogen-bond acceptors (Lipinski definition) is 7. The van der Waals surface area contributed by atoms with Crippen molar-refractivity contribution in [2.24, 2.45) is 5.92 Å². The molecule has 0 aromatic heterocycles. The maximum absolute atomic E-state index is 12.0. The number of carbonyl (C=O) groups is 1. The number of hydrogen-bond donors (Lipinski definition) is 3. The molecule has 0 radical (unpaired) electrons. The molecule has 2 aliphatic heterocycles. The van der Waals surface area contributed by atoms with E-state index in [1.54, 1.807) is 7.11 Å². The number of fused-ring (bicyclic) bond motifs is 4. The topological polar surface area (TPSA) is 90.1 Å². The van der Waals surface area contributed by atoms with Crippen molar-refractivity contribution in [1.82, 2.24) is 16.2 Å². The second kappa shape index (κ2) is 9.75. The Bertz CT molecular complexity index is 701. The summed E-state index contributed by atoms with van der Waals surface area (Å²) in [7, 11) is 1.65. The first kappa shape index (κ1) is 20.4. The largest absolute Gasteiger partial charge is 0.491 e. The van der Waals surface area contributed by atoms with Gasteiger partial charge in [0.1, 0.15) is 19.0 Å². The lowest BCUT2D eigenvalue weighted by molar-refractivity contribution is 0.00715. The molecule has 8 heteroatoms. The van der Waals surface area contributed by atoms with Crippen LogP contribution in [-0.4, -0.2) is 51.7 Å². The molecule has 29 heavy (non-hydrogen) atoms. The molecule has 1 aromatic rings. The normalized spacial score (nSPS) is 29.9. The van der Waals surface area contributed by atoms with Crippen molar-refractivity contribution in [2.75, 3.05) is 33.5 Å². The molecule has 1 aliphatic carbocycles. The highest BCUT2D eigenvalue weighted by molar-refractivity contribution is 5.67. The van der Waals surface area contributed by atoms with E-state index in [9.17, 15) is 4.79 Å². The Balaban J connectivity index is 1.59. The molecule has 1 aromatic carbocycles. The van der Waals surface area contributed by atoms with Gasteiger partial charge in [-0.05, 0) is 54.9 Å². The van der Waals surface area contributed by atoms with Gasteiger partial charge in [-0.15, -0.1) is 0 Å². The molecule has 2 fully saturated rings. The molecule has 3 N–H and O–H groups in total. The Labute approximate surface area is 171 Å². The standard InChI is InChI=1S/C21H31N3O5/c1-26-7-8-28-17-10-14-9-15(11-17)20-18-12-16(3-4-19(18)23-24-20)27-6-2-5-22-21(25)29-13-14/h9-11,16,18-20,23-24H,2-8,12-13H2,1H3,(H,22,25). The average Bonchev–Trinajstić information content (AvgIpc) is 3.15. The van der Waals surface area contributed by atoms with Gasteiger partial charge in [-0.25, -0.2) is 10.2 Å². The summed E-state index contributed by atoms with van der Waals surface area (Å²) >= 11 is 0. The summed E-state index contributed by atoms with van der Waals surface area (Å²) in [6.45, 7) is 2.39. The van der Waals surface area contributed by atoms with E-state index in [-0.39, 0.29) is 18.8 Å². The molecule has 4 bridgehead atoms. The summed E-state index contributed by atoms with van der Waals surface area (Å²) in [5.41, 5.74) is 9.00. The van der Waals surface area contributed by atoms with Crippen molar-refractivity contribution in [3.63, 3.8) is 0 Å². The van der Waals surface area contributed by atoms with Gasteiger partial charge >= 0.3 is 6.09 Å². The first-order chi connectivity index (χ1) is 14.2. The molecular formula is C21H31N3O5. The minimum Gasteiger partial charge on any atom is -0.491 e. The summed E-state index contributed by atoms with van der Waals surface area (Å²) < 4.78 is 22.5. The maximum Gasteiger partial charge on any atom is 0.407 e. The van der Waals surface area contributed by atoms with Crippen molar-refractivity contribution in [2.45, 2.75) is 50.5 Å². The summed E-state index contributed by atoms with van der Waals surface area (Å²) in [5, 5.41) is 2.79. The average molecular weight is 405 g/mol. The van der Waals surface area contributed by atoms with Gasteiger partial charge in [-0.3, -0.25) is 5.43 Å². The molecule has 4 unspecified atom stereocenters. The zero-order chi connectivity index (χ0) is 20.1. The van der Waals surface area contributed by atoms with Gasteiger partial charge in [0.05, 0.1) is 18.8 Å². The van der Waals surface area contributed by atoms with Crippen molar-refractivity contribution >= 4 is 6.09 Å². The maximum atomic E-state index is 12.0. The first-order valence-corrected chi connectivity index (χ1v) is 10.5. The number of cyclic esters (lactones) is 1. The Morgan fingerprint density at radius 1 is 1.17 bits per heavy atom. The minimum absolute atomic E-state index is 0.162. The molecule has 160 valence electrons. The van der Waals surface area contributed by atoms with Crippen molar-refractivity contribution in [1.29, 1.82) is 0 Å². The van der Waals surface area contributed by atoms with E-state index in [2.05, 4.69) is 28.3 Å². The van der Waals surface area contributed by atoms with E-state index < -0.39 is 6.09 Å². The zero-order valence-corrected chi connectivity index (χ0v) is 16.9. The lowest BCUT2D eigenvalue weighted by Gasteiger charge is -2.33. The number of hydrazine groups is 1. The predicted molar refractivity (Wildman–Crippen MR) is 106 cm³/mol. The van der Waals surface area contributed by atoms with E-state index in [0.29, 0.717) is 38.3 Å². The van der Waals surface area contributed by atoms with Gasteiger partial charge in [-0.2, -0.15) is 0 Å². The molecule has 1 saturated carbocycles. The fourth-order valence-corrected chi connectivity index (χ4v) is 4.49. The minimum atomic E-state index is -0.411. The third-order valence-corrected chi connectivity index (χ3v) is 5.92. The molecule has 1 amide bonds. The van der Waals surface area contributed by atoms with Crippen LogP contribution in [0.3, 0.4) is 0 Å². The quantitative estimate of drug-likeness (QED) is 0.661. The van der Waals surface area contributed by atoms with E-state index >= 15 is 0 Å². The third-order valence-electron chi connectivity index (χ3n) is 5.92. The number of carbonyl (C=O) groups excluding carboxylic acids is 1. The highest BCUT2D eigenvalue weighted by Crippen LogP contribution is 2.40. The SMILES string of the molecule is COCCOc1cc2cc(c1)C1NNC3CCC(CC31)OCCCNC(=O)OC2. The molecular weight excluding hydrogens is 374 g/mol. The van der Waals surface area contributed by atoms with Crippen LogP contribution in [0.4, 0.5) is 4.79 Å². The van der Waals surface area contributed by atoms with Crippen molar-refractivity contribution in [3.8, 4) is 5.75 Å². The van der Waals surface area contributed by atoms with Crippen LogP contribution in [0.25, 0.3) is 0 Å². The van der Waals surface area contributed by atoms with Crippen LogP contribution in [0.5, 0.6) is 5.75 Å². The number of alkyl carbamates (subject to hydrolysis) is 1. The number of rotatable bonds is 4. The summed E-state index contributed by atoms with van der Waals surface area (Å²) in [4.78, 5) is 12.0. The highest BCUT2D eigenvalue weighted by atomic mass is 16.5. The van der Waals surface area contributed by atoms with E-state index in [1.165, 1.54) is 0 Å². The number of benzene rings is 1. The van der Waals surface area contributed by atoms with Crippen LogP contribution < -0.4 is 20.9 Å². The molecule has 4 atom stereocenters. The second-order valence-electron chi connectivity index (χ2n) is 7.95. The van der Waals surface area contributed by atoms with Gasteiger partial charge in [0.15, 0.2) is 0 Å². The van der Waals surface area contributed by atoms with Gasteiger partial charge in [0.2, 0.25) is 0 Å². The zero-order valence-electron chi connectivity index (χ0n) is 16.9. The summed E-state index contributed by atoms with van der Waals surface area (Å²) in [6.07, 6.45) is 3.80. The Morgan fingerprint density at radius 3 is 3.00 bits per heavy atom. The molecule has 0 spiro atoms.